The van der Waals surface area contributed by atoms with Gasteiger partial charge in [0.15, 0.2) is 0 Å². The molecule has 3 heteroatoms. The Kier molecular flexibility index (Phi) is 7.23. The first kappa shape index (κ1) is 9.63. The van der Waals surface area contributed by atoms with E-state index in [2.05, 4.69) is 6.92 Å². The minimum atomic E-state index is -1.03. The van der Waals surface area contributed by atoms with Crippen LogP contribution >= 0.6 is 0 Å². The normalized spacial score (nSPS) is 9.67. The summed E-state index contributed by atoms with van der Waals surface area (Å²) in [5.74, 6) is 0. The van der Waals surface area contributed by atoms with Gasteiger partial charge in [0.25, 0.3) is 0 Å². The Morgan fingerprint density at radius 1 is 1.56 bits per heavy atom. The molecule has 55 valence electrons. The maximum absolute atomic E-state index is 5.36. The van der Waals surface area contributed by atoms with E-state index in [1.807, 2.05) is 7.11 Å². The van der Waals surface area contributed by atoms with Gasteiger partial charge in [0.1, 0.15) is 0 Å². The maximum atomic E-state index is 5.36. The van der Waals surface area contributed by atoms with Crippen LogP contribution in [0, 0.1) is 0 Å². The molecule has 0 fully saturated rings. The van der Waals surface area contributed by atoms with Crippen molar-refractivity contribution < 1.29 is 21.6 Å². The second-order valence-corrected chi connectivity index (χ2v) is 6.19. The minimum absolute atomic E-state index is 0.819. The molecule has 0 atom stereocenters. The molecule has 2 nitrogen and oxygen atoms in total. The van der Waals surface area contributed by atoms with Crippen LogP contribution in [0.2, 0.25) is 9.45 Å². The molecule has 0 unspecified atom stereocenters. The molecule has 0 aromatic carbocycles. The van der Waals surface area contributed by atoms with Gasteiger partial charge >= 0.3 is 63.8 Å². The van der Waals surface area contributed by atoms with Crippen molar-refractivity contribution in [2.45, 2.75) is 22.8 Å². The van der Waals surface area contributed by atoms with Gasteiger partial charge in [-0.25, -0.2) is 0 Å². The topological polar surface area (TPSA) is 35.2 Å². The molecule has 9 heavy (non-hydrogen) atoms. The summed E-state index contributed by atoms with van der Waals surface area (Å²) in [5.41, 5.74) is 5.36. The fourth-order valence-electron chi connectivity index (χ4n) is 0.722. The van der Waals surface area contributed by atoms with Crippen LogP contribution in [0.3, 0.4) is 0 Å². The van der Waals surface area contributed by atoms with E-state index in [-0.39, 0.29) is 0 Å². The summed E-state index contributed by atoms with van der Waals surface area (Å²) in [5, 5.41) is 0. The average molecular weight is 166 g/mol. The predicted octanol–water partition coefficient (Wildman–Crippen LogP) is 1.37. The number of nitrogens with two attached hydrogens (primary N) is 1. The van der Waals surface area contributed by atoms with E-state index in [0.717, 1.165) is 13.0 Å². The molecule has 0 radical (unpaired) electrons. The first-order valence-corrected chi connectivity index (χ1v) is 6.28. The van der Waals surface area contributed by atoms with Crippen LogP contribution in [-0.2, 0) is 21.6 Å². The first-order chi connectivity index (χ1) is 4.35. The van der Waals surface area contributed by atoms with Crippen LogP contribution < -0.4 is 5.73 Å². The van der Waals surface area contributed by atoms with Crippen molar-refractivity contribution >= 4 is 0 Å². The van der Waals surface area contributed by atoms with Crippen molar-refractivity contribution in [3.8, 4) is 0 Å². The first-order valence-electron chi connectivity index (χ1n) is 3.43. The molecule has 0 heterocycles. The Hall–Kier alpha value is 0.634. The number of rotatable bonds is 5. The molecule has 0 rings (SSSR count). The van der Waals surface area contributed by atoms with Crippen molar-refractivity contribution in [1.29, 1.82) is 0 Å². The fraction of sp³-hybridized carbons (Fsp3) is 1.00. The molecule has 0 aliphatic carbocycles. The fourth-order valence-corrected chi connectivity index (χ4v) is 2.98. The van der Waals surface area contributed by atoms with Gasteiger partial charge in [0, 0.05) is 0 Å². The van der Waals surface area contributed by atoms with Gasteiger partial charge in [0.05, 0.1) is 0 Å². The van der Waals surface area contributed by atoms with Crippen molar-refractivity contribution in [3.63, 3.8) is 0 Å². The number of hydrogen-bond acceptors (Lipinski definition) is 2. The third-order valence-corrected chi connectivity index (χ3v) is 4.90. The summed E-state index contributed by atoms with van der Waals surface area (Å²) in [6.45, 7) is 3.02. The van der Waals surface area contributed by atoms with Gasteiger partial charge in [-0.1, -0.05) is 0 Å². The van der Waals surface area contributed by atoms with E-state index in [1.54, 1.807) is 0 Å². The second-order valence-electron chi connectivity index (χ2n) is 1.99. The molecule has 0 spiro atoms. The van der Waals surface area contributed by atoms with Crippen molar-refractivity contribution in [2.75, 3.05) is 13.7 Å². The SMILES string of the molecule is C[CH2][Ti]([CH2]CCN)[O]C. The van der Waals surface area contributed by atoms with Gasteiger partial charge in [0.2, 0.25) is 0 Å². The quantitative estimate of drug-likeness (QED) is 0.626. The summed E-state index contributed by atoms with van der Waals surface area (Å²) in [7, 11) is 1.83. The summed E-state index contributed by atoms with van der Waals surface area (Å²) < 4.78 is 7.84. The van der Waals surface area contributed by atoms with Gasteiger partial charge in [-0.15, -0.1) is 0 Å². The molecule has 2 N–H and O–H groups in total. The molecule has 0 aliphatic heterocycles. The van der Waals surface area contributed by atoms with Crippen LogP contribution in [0.4, 0.5) is 0 Å². The molecule has 0 amide bonds. The Bertz CT molecular complexity index is 57.0. The van der Waals surface area contributed by atoms with Crippen LogP contribution in [-0.4, -0.2) is 13.7 Å². The van der Waals surface area contributed by atoms with Gasteiger partial charge in [-0.3, -0.25) is 0 Å². The zero-order valence-electron chi connectivity index (χ0n) is 6.31. The van der Waals surface area contributed by atoms with E-state index < -0.39 is 18.3 Å². The van der Waals surface area contributed by atoms with Crippen LogP contribution in [0.5, 0.6) is 0 Å². The summed E-state index contributed by atoms with van der Waals surface area (Å²) in [6, 6.07) is 0. The molecule has 0 saturated heterocycles. The monoisotopic (exact) mass is 166 g/mol. The molecule has 0 saturated carbocycles. The third kappa shape index (κ3) is 5.10. The molecule has 0 aromatic heterocycles. The second kappa shape index (κ2) is 6.75. The van der Waals surface area contributed by atoms with Crippen LogP contribution in [0.25, 0.3) is 0 Å². The molecule has 0 aromatic rings. The third-order valence-electron chi connectivity index (χ3n) is 1.34. The van der Waals surface area contributed by atoms with Crippen molar-refractivity contribution in [3.05, 3.63) is 0 Å². The van der Waals surface area contributed by atoms with E-state index in [1.165, 1.54) is 9.45 Å². The van der Waals surface area contributed by atoms with E-state index in [4.69, 9.17) is 9.05 Å². The molecular weight excluding hydrogens is 150 g/mol. The Balaban J connectivity index is 3.09. The average Bonchev–Trinajstić information content (AvgIpc) is 1.91. The van der Waals surface area contributed by atoms with E-state index in [0.29, 0.717) is 0 Å². The summed E-state index contributed by atoms with van der Waals surface area (Å²) in [4.78, 5) is 0. The molecular formula is C6H16NOTi. The molecule has 0 bridgehead atoms. The summed E-state index contributed by atoms with van der Waals surface area (Å²) >= 11 is -1.03. The van der Waals surface area contributed by atoms with Gasteiger partial charge < -0.3 is 0 Å². The predicted molar refractivity (Wildman–Crippen MR) is 36.0 cm³/mol. The van der Waals surface area contributed by atoms with Crippen LogP contribution in [0.1, 0.15) is 13.3 Å². The summed E-state index contributed by atoms with van der Waals surface area (Å²) in [6.07, 6.45) is 1.15. The zero-order chi connectivity index (χ0) is 7.11. The molecule has 0 aliphatic rings. The van der Waals surface area contributed by atoms with Crippen LogP contribution in [0.15, 0.2) is 0 Å². The Morgan fingerprint density at radius 2 is 2.22 bits per heavy atom. The van der Waals surface area contributed by atoms with E-state index in [9.17, 15) is 0 Å². The van der Waals surface area contributed by atoms with Gasteiger partial charge in [-0.2, -0.15) is 0 Å². The Morgan fingerprint density at radius 3 is 2.56 bits per heavy atom. The Labute approximate surface area is 64.1 Å². The standard InChI is InChI=1S/C3H8N.C2H5.CH3O.Ti/c1-2-3-4;2*1-2;/h1-4H2;1H2,2H3;1H3;/q;;-1;+1. The van der Waals surface area contributed by atoms with E-state index >= 15 is 0 Å². The van der Waals surface area contributed by atoms with Gasteiger partial charge in [-0.05, 0) is 0 Å². The van der Waals surface area contributed by atoms with Crippen molar-refractivity contribution in [1.82, 2.24) is 0 Å². The zero-order valence-corrected chi connectivity index (χ0v) is 7.88. The van der Waals surface area contributed by atoms with Crippen molar-refractivity contribution in [2.24, 2.45) is 5.73 Å². The number of hydrogen-bond donors (Lipinski definition) is 1.